The maximum Gasteiger partial charge on any atom is 0.222 e. The molecule has 260 valence electrons. The topological polar surface area (TPSA) is 111 Å². The number of benzene rings is 2. The van der Waals surface area contributed by atoms with Crippen LogP contribution in [0, 0.1) is 23.3 Å². The summed E-state index contributed by atoms with van der Waals surface area (Å²) >= 11 is 18.2. The smallest absolute Gasteiger partial charge is 0.222 e. The SMILES string of the molecule is CCOc1nccc2c(Nc3c(F)cc(F)cc3Cl)nc3ccncc3c12.Fc1cc(F)c(Nc2nc3ccncc3c3c(Cl)nccc23)c(Cl)c1. The van der Waals surface area contributed by atoms with Crippen LogP contribution in [0.15, 0.2) is 85.7 Å². The highest BCUT2D eigenvalue weighted by Gasteiger charge is 2.18. The number of aromatic nitrogens is 6. The first-order chi connectivity index (χ1) is 25.1. The highest BCUT2D eigenvalue weighted by molar-refractivity contribution is 6.37. The summed E-state index contributed by atoms with van der Waals surface area (Å²) in [5.74, 6) is -2.07. The van der Waals surface area contributed by atoms with Gasteiger partial charge in [0, 0.05) is 76.2 Å². The minimum Gasteiger partial charge on any atom is -0.478 e. The summed E-state index contributed by atoms with van der Waals surface area (Å²) in [6, 6.07) is 10.4. The van der Waals surface area contributed by atoms with Crippen LogP contribution in [0.1, 0.15) is 6.92 Å². The summed E-state index contributed by atoms with van der Waals surface area (Å²) in [6.45, 7) is 2.28. The lowest BCUT2D eigenvalue weighted by Crippen LogP contribution is -2.02. The first kappa shape index (κ1) is 34.8. The highest BCUT2D eigenvalue weighted by atomic mass is 35.5. The predicted molar refractivity (Wildman–Crippen MR) is 195 cm³/mol. The van der Waals surface area contributed by atoms with Crippen molar-refractivity contribution in [2.75, 3.05) is 17.2 Å². The van der Waals surface area contributed by atoms with Crippen molar-refractivity contribution in [3.05, 3.63) is 124 Å². The van der Waals surface area contributed by atoms with Crippen molar-refractivity contribution >= 4 is 101 Å². The summed E-state index contributed by atoms with van der Waals surface area (Å²) in [5.41, 5.74) is 1.08. The van der Waals surface area contributed by atoms with Gasteiger partial charge < -0.3 is 15.4 Å². The van der Waals surface area contributed by atoms with Gasteiger partial charge in [0.1, 0.15) is 28.4 Å². The summed E-state index contributed by atoms with van der Waals surface area (Å²) < 4.78 is 60.6. The molecular formula is C36H21Cl3F4N8O. The zero-order valence-electron chi connectivity index (χ0n) is 26.5. The number of pyridine rings is 6. The van der Waals surface area contributed by atoms with E-state index in [-0.39, 0.29) is 26.6 Å². The summed E-state index contributed by atoms with van der Waals surface area (Å²) in [7, 11) is 0. The largest absolute Gasteiger partial charge is 0.478 e. The number of hydrogen-bond acceptors (Lipinski definition) is 9. The Hall–Kier alpha value is -5.63. The van der Waals surface area contributed by atoms with Crippen LogP contribution in [0.5, 0.6) is 5.88 Å². The molecule has 0 fully saturated rings. The third kappa shape index (κ3) is 6.73. The standard InChI is InChI=1S/C19H13ClF2N4O.C17H8Cl2F2N4/c1-2-27-19-16-11(3-6-24-19)18(25-15-4-5-23-9-12(15)16)26-17-13(20)7-10(21)8-14(17)22;18-11-5-8(20)6-12(21)15(11)25-17-9-1-4-23-16(19)14(9)10-7-22-3-2-13(10)24-17/h3-9H,2H2,1H3,(H,25,26);1-7H,(H,24,25). The summed E-state index contributed by atoms with van der Waals surface area (Å²) in [5, 5.41) is 9.86. The molecule has 9 nitrogen and oxygen atoms in total. The average Bonchev–Trinajstić information content (AvgIpc) is 3.11. The van der Waals surface area contributed by atoms with Gasteiger partial charge in [0.15, 0.2) is 11.6 Å². The Morgan fingerprint density at radius 3 is 1.63 bits per heavy atom. The lowest BCUT2D eigenvalue weighted by atomic mass is 10.1. The van der Waals surface area contributed by atoms with Gasteiger partial charge in [-0.15, -0.1) is 0 Å². The molecule has 6 heterocycles. The summed E-state index contributed by atoms with van der Waals surface area (Å²) in [4.78, 5) is 25.6. The van der Waals surface area contributed by atoms with Gasteiger partial charge in [0.25, 0.3) is 0 Å². The highest BCUT2D eigenvalue weighted by Crippen LogP contribution is 2.38. The molecule has 52 heavy (non-hydrogen) atoms. The van der Waals surface area contributed by atoms with Gasteiger partial charge in [-0.3, -0.25) is 9.97 Å². The Labute approximate surface area is 306 Å². The van der Waals surface area contributed by atoms with Crippen molar-refractivity contribution in [1.29, 1.82) is 0 Å². The van der Waals surface area contributed by atoms with E-state index in [0.29, 0.717) is 62.1 Å². The molecule has 16 heteroatoms. The molecule has 0 aliphatic heterocycles. The molecule has 2 aromatic carbocycles. The number of ether oxygens (including phenoxy) is 1. The minimum atomic E-state index is -0.824. The number of hydrogen-bond donors (Lipinski definition) is 2. The van der Waals surface area contributed by atoms with Gasteiger partial charge in [0.2, 0.25) is 5.88 Å². The quantitative estimate of drug-likeness (QED) is 0.0971. The molecule has 0 amide bonds. The first-order valence-electron chi connectivity index (χ1n) is 15.3. The molecule has 0 spiro atoms. The monoisotopic (exact) mass is 762 g/mol. The lowest BCUT2D eigenvalue weighted by molar-refractivity contribution is 0.331. The number of fused-ring (bicyclic) bond motifs is 6. The fraction of sp³-hybridized carbons (Fsp3) is 0.0556. The molecule has 0 bridgehead atoms. The molecule has 0 atom stereocenters. The van der Waals surface area contributed by atoms with Gasteiger partial charge in [-0.1, -0.05) is 34.8 Å². The number of halogens is 7. The van der Waals surface area contributed by atoms with Gasteiger partial charge in [-0.2, -0.15) is 0 Å². The second-order valence-corrected chi connectivity index (χ2v) is 12.1. The van der Waals surface area contributed by atoms with Gasteiger partial charge in [-0.25, -0.2) is 37.5 Å². The number of anilines is 4. The lowest BCUT2D eigenvalue weighted by Gasteiger charge is -2.15. The third-order valence-electron chi connectivity index (χ3n) is 7.71. The van der Waals surface area contributed by atoms with E-state index in [1.807, 2.05) is 6.92 Å². The first-order valence-corrected chi connectivity index (χ1v) is 16.4. The normalized spacial score (nSPS) is 11.2. The van der Waals surface area contributed by atoms with Gasteiger partial charge >= 0.3 is 0 Å². The van der Waals surface area contributed by atoms with Crippen LogP contribution >= 0.6 is 34.8 Å². The van der Waals surface area contributed by atoms with E-state index >= 15 is 0 Å². The van der Waals surface area contributed by atoms with Gasteiger partial charge in [0.05, 0.1) is 44.4 Å². The van der Waals surface area contributed by atoms with E-state index in [0.717, 1.165) is 29.7 Å². The van der Waals surface area contributed by atoms with Crippen molar-refractivity contribution < 1.29 is 22.3 Å². The van der Waals surface area contributed by atoms with Crippen LogP contribution < -0.4 is 15.4 Å². The zero-order valence-corrected chi connectivity index (χ0v) is 28.8. The Morgan fingerprint density at radius 1 is 0.615 bits per heavy atom. The van der Waals surface area contributed by atoms with E-state index in [2.05, 4.69) is 40.5 Å². The molecule has 8 aromatic rings. The molecule has 0 saturated heterocycles. The van der Waals surface area contributed by atoms with Crippen LogP contribution in [-0.4, -0.2) is 36.5 Å². The summed E-state index contributed by atoms with van der Waals surface area (Å²) in [6.07, 6.45) is 9.58. The second kappa shape index (κ2) is 14.5. The van der Waals surface area contributed by atoms with E-state index in [4.69, 9.17) is 39.5 Å². The van der Waals surface area contributed by atoms with E-state index in [9.17, 15) is 17.6 Å². The molecule has 0 aliphatic rings. The molecule has 0 radical (unpaired) electrons. The predicted octanol–water partition coefficient (Wildman–Crippen LogP) is 10.8. The van der Waals surface area contributed by atoms with Crippen molar-refractivity contribution in [1.82, 2.24) is 29.9 Å². The van der Waals surface area contributed by atoms with Crippen LogP contribution in [0.4, 0.5) is 40.6 Å². The average molecular weight is 764 g/mol. The van der Waals surface area contributed by atoms with Crippen LogP contribution in [0.25, 0.3) is 43.4 Å². The van der Waals surface area contributed by atoms with E-state index < -0.39 is 23.3 Å². The van der Waals surface area contributed by atoms with Crippen LogP contribution in [-0.2, 0) is 0 Å². The molecule has 8 rings (SSSR count). The minimum absolute atomic E-state index is 0.0601. The molecule has 0 unspecified atom stereocenters. The maximum absolute atomic E-state index is 14.2. The number of nitrogens with one attached hydrogen (secondary N) is 2. The Kier molecular flexibility index (Phi) is 9.73. The van der Waals surface area contributed by atoms with Crippen LogP contribution in [0.3, 0.4) is 0 Å². The number of nitrogens with zero attached hydrogens (tertiary/aromatic N) is 6. The molecule has 0 aliphatic carbocycles. The molecule has 2 N–H and O–H groups in total. The fourth-order valence-corrected chi connectivity index (χ4v) is 6.25. The van der Waals surface area contributed by atoms with Gasteiger partial charge in [-0.05, 0) is 43.3 Å². The number of rotatable bonds is 6. The van der Waals surface area contributed by atoms with Crippen LogP contribution in [0.2, 0.25) is 15.2 Å². The third-order valence-corrected chi connectivity index (χ3v) is 8.59. The Morgan fingerprint density at radius 2 is 1.12 bits per heavy atom. The zero-order chi connectivity index (χ0) is 36.5. The molecule has 0 saturated carbocycles. The van der Waals surface area contributed by atoms with Crippen molar-refractivity contribution in [3.63, 3.8) is 0 Å². The fourth-order valence-electron chi connectivity index (χ4n) is 5.50. The van der Waals surface area contributed by atoms with E-state index in [1.54, 1.807) is 55.2 Å². The van der Waals surface area contributed by atoms with E-state index in [1.165, 1.54) is 6.20 Å². The second-order valence-electron chi connectivity index (χ2n) is 10.9. The van der Waals surface area contributed by atoms with Crippen molar-refractivity contribution in [3.8, 4) is 5.88 Å². The maximum atomic E-state index is 14.2. The van der Waals surface area contributed by atoms with Crippen molar-refractivity contribution in [2.45, 2.75) is 6.92 Å². The van der Waals surface area contributed by atoms with Crippen molar-refractivity contribution in [2.24, 2.45) is 0 Å². The molecular weight excluding hydrogens is 743 g/mol. The molecule has 6 aromatic heterocycles. The Bertz CT molecular complexity index is 2620. The Balaban J connectivity index is 0.000000162.